The third-order valence-corrected chi connectivity index (χ3v) is 3.60. The van der Waals surface area contributed by atoms with Gasteiger partial charge in [0, 0.05) is 6.07 Å². The molecule has 1 N–H and O–H groups in total. The average Bonchev–Trinajstić information content (AvgIpc) is 2.45. The van der Waals surface area contributed by atoms with E-state index in [0.717, 1.165) is 34.9 Å². The molecule has 0 aliphatic heterocycles. The molecule has 2 rings (SSSR count). The van der Waals surface area contributed by atoms with Crippen molar-refractivity contribution in [3.05, 3.63) is 15.3 Å². The third-order valence-electron chi connectivity index (χ3n) is 2.63. The fraction of sp³-hybridized carbons (Fsp3) is 0.667. The molecule has 1 aliphatic rings. The molecule has 2 atom stereocenters. The fourth-order valence-corrected chi connectivity index (χ4v) is 3.24. The Balaban J connectivity index is 2.17. The van der Waals surface area contributed by atoms with Crippen LogP contribution in [0.1, 0.15) is 31.7 Å². The molecular weight excluding hydrogens is 312 g/mol. The molecule has 3 nitrogen and oxygen atoms in total. The molecule has 78 valence electrons. The van der Waals surface area contributed by atoms with Crippen LogP contribution in [0.3, 0.4) is 0 Å². The number of nitrogens with zero attached hydrogens (tertiary/aromatic N) is 2. The van der Waals surface area contributed by atoms with Gasteiger partial charge in [-0.1, -0.05) is 0 Å². The maximum atomic E-state index is 9.57. The van der Waals surface area contributed by atoms with Gasteiger partial charge in [-0.3, -0.25) is 4.68 Å². The highest BCUT2D eigenvalue weighted by Crippen LogP contribution is 2.31. The topological polar surface area (TPSA) is 38.0 Å². The highest BCUT2D eigenvalue weighted by molar-refractivity contribution is 9.11. The van der Waals surface area contributed by atoms with Crippen LogP contribution in [0.2, 0.25) is 0 Å². The van der Waals surface area contributed by atoms with Crippen molar-refractivity contribution in [3.63, 3.8) is 0 Å². The Hall–Kier alpha value is 0.130. The van der Waals surface area contributed by atoms with Gasteiger partial charge in [-0.05, 0) is 57.5 Å². The van der Waals surface area contributed by atoms with Gasteiger partial charge in [0.15, 0.2) is 0 Å². The van der Waals surface area contributed by atoms with Crippen LogP contribution in [0.4, 0.5) is 0 Å². The van der Waals surface area contributed by atoms with E-state index < -0.39 is 0 Å². The largest absolute Gasteiger partial charge is 0.393 e. The van der Waals surface area contributed by atoms with Crippen molar-refractivity contribution in [1.82, 2.24) is 9.78 Å². The van der Waals surface area contributed by atoms with Crippen LogP contribution in [0.15, 0.2) is 15.3 Å². The summed E-state index contributed by atoms with van der Waals surface area (Å²) in [6.45, 7) is 0. The van der Waals surface area contributed by atoms with Crippen molar-refractivity contribution in [2.24, 2.45) is 0 Å². The number of hydrogen-bond acceptors (Lipinski definition) is 2. The molecule has 0 radical (unpaired) electrons. The molecule has 1 aromatic heterocycles. The Morgan fingerprint density at radius 1 is 1.43 bits per heavy atom. The van der Waals surface area contributed by atoms with Gasteiger partial charge in [0.25, 0.3) is 0 Å². The molecular formula is C9H12Br2N2O. The SMILES string of the molecule is OC1CCCC(n2nc(Br)cc2Br)C1. The summed E-state index contributed by atoms with van der Waals surface area (Å²) >= 11 is 6.80. The molecule has 1 aromatic rings. The van der Waals surface area contributed by atoms with Crippen molar-refractivity contribution in [3.8, 4) is 0 Å². The number of rotatable bonds is 1. The summed E-state index contributed by atoms with van der Waals surface area (Å²) in [6, 6.07) is 2.26. The normalized spacial score (nSPS) is 27.9. The smallest absolute Gasteiger partial charge is 0.129 e. The van der Waals surface area contributed by atoms with E-state index in [1.165, 1.54) is 0 Å². The van der Waals surface area contributed by atoms with Gasteiger partial charge in [0.2, 0.25) is 0 Å². The Morgan fingerprint density at radius 3 is 2.79 bits per heavy atom. The van der Waals surface area contributed by atoms with Crippen molar-refractivity contribution in [2.75, 3.05) is 0 Å². The maximum Gasteiger partial charge on any atom is 0.129 e. The zero-order valence-corrected chi connectivity index (χ0v) is 10.8. The van der Waals surface area contributed by atoms with Gasteiger partial charge in [-0.2, -0.15) is 5.10 Å². The molecule has 0 saturated heterocycles. The van der Waals surface area contributed by atoms with Gasteiger partial charge in [-0.15, -0.1) is 0 Å². The standard InChI is InChI=1S/C9H12Br2N2O/c10-8-5-9(11)13(12-8)6-2-1-3-7(14)4-6/h5-7,14H,1-4H2. The van der Waals surface area contributed by atoms with E-state index in [1.807, 2.05) is 10.7 Å². The molecule has 1 fully saturated rings. The lowest BCUT2D eigenvalue weighted by Crippen LogP contribution is -2.23. The van der Waals surface area contributed by atoms with Gasteiger partial charge in [0.05, 0.1) is 12.1 Å². The lowest BCUT2D eigenvalue weighted by Gasteiger charge is -2.26. The van der Waals surface area contributed by atoms with Crippen LogP contribution in [0.5, 0.6) is 0 Å². The summed E-state index contributed by atoms with van der Waals surface area (Å²) in [6.07, 6.45) is 3.76. The van der Waals surface area contributed by atoms with Gasteiger partial charge in [-0.25, -0.2) is 0 Å². The van der Waals surface area contributed by atoms with E-state index in [2.05, 4.69) is 37.0 Å². The van der Waals surface area contributed by atoms with E-state index in [1.54, 1.807) is 0 Å². The molecule has 0 spiro atoms. The van der Waals surface area contributed by atoms with Crippen LogP contribution in [-0.4, -0.2) is 21.0 Å². The van der Waals surface area contributed by atoms with Crippen LogP contribution in [0, 0.1) is 0 Å². The first kappa shape index (κ1) is 10.6. The van der Waals surface area contributed by atoms with Gasteiger partial charge >= 0.3 is 0 Å². The minimum Gasteiger partial charge on any atom is -0.393 e. The Kier molecular flexibility index (Phi) is 3.29. The van der Waals surface area contributed by atoms with Crippen molar-refractivity contribution < 1.29 is 5.11 Å². The summed E-state index contributed by atoms with van der Waals surface area (Å²) in [5.41, 5.74) is 0. The van der Waals surface area contributed by atoms with Crippen LogP contribution < -0.4 is 0 Å². The first-order chi connectivity index (χ1) is 6.66. The van der Waals surface area contributed by atoms with Crippen molar-refractivity contribution in [2.45, 2.75) is 37.8 Å². The second kappa shape index (κ2) is 4.33. The highest BCUT2D eigenvalue weighted by atomic mass is 79.9. The van der Waals surface area contributed by atoms with Crippen LogP contribution in [0.25, 0.3) is 0 Å². The van der Waals surface area contributed by atoms with Crippen LogP contribution >= 0.6 is 31.9 Å². The van der Waals surface area contributed by atoms with E-state index in [-0.39, 0.29) is 6.10 Å². The maximum absolute atomic E-state index is 9.57. The molecule has 0 aromatic carbocycles. The van der Waals surface area contributed by atoms with E-state index >= 15 is 0 Å². The summed E-state index contributed by atoms with van der Waals surface area (Å²) in [7, 11) is 0. The second-order valence-electron chi connectivity index (χ2n) is 3.71. The predicted octanol–water partition coefficient (Wildman–Crippen LogP) is 2.88. The quantitative estimate of drug-likeness (QED) is 0.863. The summed E-state index contributed by atoms with van der Waals surface area (Å²) in [5.74, 6) is 0. The molecule has 2 unspecified atom stereocenters. The Morgan fingerprint density at radius 2 is 2.21 bits per heavy atom. The molecule has 1 heterocycles. The molecule has 1 saturated carbocycles. The number of hydrogen-bond donors (Lipinski definition) is 1. The summed E-state index contributed by atoms with van der Waals surface area (Å²) in [5, 5.41) is 13.9. The molecule has 1 aliphatic carbocycles. The zero-order chi connectivity index (χ0) is 10.1. The molecule has 0 bridgehead atoms. The highest BCUT2D eigenvalue weighted by Gasteiger charge is 2.23. The van der Waals surface area contributed by atoms with E-state index in [4.69, 9.17) is 0 Å². The van der Waals surface area contributed by atoms with Gasteiger partial charge in [0.1, 0.15) is 9.21 Å². The molecule has 14 heavy (non-hydrogen) atoms. The lowest BCUT2D eigenvalue weighted by atomic mass is 9.93. The van der Waals surface area contributed by atoms with Crippen molar-refractivity contribution >= 4 is 31.9 Å². The molecule has 5 heteroatoms. The first-order valence-electron chi connectivity index (χ1n) is 4.75. The Bertz CT molecular complexity index is 327. The zero-order valence-electron chi connectivity index (χ0n) is 7.66. The lowest BCUT2D eigenvalue weighted by molar-refractivity contribution is 0.0993. The Labute approximate surface area is 99.8 Å². The molecule has 0 amide bonds. The predicted molar refractivity (Wildman–Crippen MR) is 61.1 cm³/mol. The van der Waals surface area contributed by atoms with Gasteiger partial charge < -0.3 is 5.11 Å². The minimum atomic E-state index is -0.163. The fourth-order valence-electron chi connectivity index (χ4n) is 1.96. The third kappa shape index (κ3) is 2.20. The number of aromatic nitrogens is 2. The average molecular weight is 324 g/mol. The van der Waals surface area contributed by atoms with Crippen molar-refractivity contribution in [1.29, 1.82) is 0 Å². The van der Waals surface area contributed by atoms with E-state index in [9.17, 15) is 5.11 Å². The minimum absolute atomic E-state index is 0.163. The number of halogens is 2. The summed E-state index contributed by atoms with van der Waals surface area (Å²) in [4.78, 5) is 0. The second-order valence-corrected chi connectivity index (χ2v) is 5.33. The number of aliphatic hydroxyl groups is 1. The number of aliphatic hydroxyl groups excluding tert-OH is 1. The monoisotopic (exact) mass is 322 g/mol. The van der Waals surface area contributed by atoms with E-state index in [0.29, 0.717) is 6.04 Å². The first-order valence-corrected chi connectivity index (χ1v) is 6.34. The van der Waals surface area contributed by atoms with Crippen LogP contribution in [-0.2, 0) is 0 Å². The summed E-state index contributed by atoms with van der Waals surface area (Å²) < 4.78 is 3.76.